The second-order valence-corrected chi connectivity index (χ2v) is 6.47. The van der Waals surface area contributed by atoms with Crippen molar-refractivity contribution in [2.24, 2.45) is 5.73 Å². The summed E-state index contributed by atoms with van der Waals surface area (Å²) in [5.41, 5.74) is 5.41. The fourth-order valence-corrected chi connectivity index (χ4v) is 2.86. The number of thioether (sulfide) groups is 1. The third-order valence-corrected chi connectivity index (χ3v) is 4.45. The Morgan fingerprint density at radius 3 is 3.00 bits per heavy atom. The number of ether oxygens (including phenoxy) is 1. The molecule has 0 spiro atoms. The molecule has 1 aliphatic heterocycles. The zero-order chi connectivity index (χ0) is 14.2. The maximum Gasteiger partial charge on any atom is 0.233 e. The molecule has 5 nitrogen and oxygen atoms in total. The van der Waals surface area contributed by atoms with Crippen LogP contribution in [0.4, 0.5) is 0 Å². The van der Waals surface area contributed by atoms with E-state index in [9.17, 15) is 0 Å². The summed E-state index contributed by atoms with van der Waals surface area (Å²) in [6.07, 6.45) is -0.180. The molecule has 1 aromatic carbocycles. The number of hydrogen-bond donors (Lipinski definition) is 1. The Hall–Kier alpha value is -1.53. The van der Waals surface area contributed by atoms with Gasteiger partial charge in [-0.15, -0.1) is 11.8 Å². The normalized spacial score (nSPS) is 18.4. The highest BCUT2D eigenvalue weighted by Gasteiger charge is 2.30. The smallest absolute Gasteiger partial charge is 0.233 e. The average Bonchev–Trinajstić information content (AvgIpc) is 2.97. The molecule has 2 N–H and O–H groups in total. The van der Waals surface area contributed by atoms with Crippen molar-refractivity contribution in [3.8, 4) is 5.75 Å². The molecule has 1 unspecified atom stereocenters. The van der Waals surface area contributed by atoms with E-state index in [0.29, 0.717) is 18.3 Å². The molecule has 0 saturated heterocycles. The maximum atomic E-state index is 5.94. The zero-order valence-corrected chi connectivity index (χ0v) is 12.3. The Kier molecular flexibility index (Phi) is 3.43. The van der Waals surface area contributed by atoms with Crippen LogP contribution in [-0.2, 0) is 5.41 Å². The Morgan fingerprint density at radius 2 is 2.20 bits per heavy atom. The number of fused-ring (bicyclic) bond motifs is 1. The zero-order valence-electron chi connectivity index (χ0n) is 11.5. The molecule has 1 atom stereocenters. The van der Waals surface area contributed by atoms with Gasteiger partial charge in [-0.25, -0.2) is 0 Å². The van der Waals surface area contributed by atoms with E-state index in [2.05, 4.69) is 16.2 Å². The third-order valence-electron chi connectivity index (χ3n) is 3.33. The van der Waals surface area contributed by atoms with Crippen molar-refractivity contribution in [1.82, 2.24) is 10.1 Å². The monoisotopic (exact) mass is 291 g/mol. The number of hydrogen-bond acceptors (Lipinski definition) is 6. The molecule has 0 fully saturated rings. The van der Waals surface area contributed by atoms with E-state index in [1.165, 1.54) is 0 Å². The fourth-order valence-electron chi connectivity index (χ4n) is 1.87. The van der Waals surface area contributed by atoms with Gasteiger partial charge in [-0.1, -0.05) is 17.3 Å². The Morgan fingerprint density at radius 1 is 1.40 bits per heavy atom. The lowest BCUT2D eigenvalue weighted by Gasteiger charge is -2.23. The van der Waals surface area contributed by atoms with E-state index in [0.717, 1.165) is 16.4 Å². The topological polar surface area (TPSA) is 74.2 Å². The molecule has 2 heterocycles. The predicted molar refractivity (Wildman–Crippen MR) is 76.9 cm³/mol. The van der Waals surface area contributed by atoms with Gasteiger partial charge in [0.1, 0.15) is 5.75 Å². The summed E-state index contributed by atoms with van der Waals surface area (Å²) >= 11 is 1.74. The largest absolute Gasteiger partial charge is 0.480 e. The minimum atomic E-state index is -0.315. The molecule has 0 radical (unpaired) electrons. The summed E-state index contributed by atoms with van der Waals surface area (Å²) in [6.45, 7) is 4.42. The highest BCUT2D eigenvalue weighted by Crippen LogP contribution is 2.39. The summed E-state index contributed by atoms with van der Waals surface area (Å²) in [5, 5.41) is 4.05. The first kappa shape index (κ1) is 13.5. The number of aromatic nitrogens is 2. The van der Waals surface area contributed by atoms with Gasteiger partial charge in [0.25, 0.3) is 0 Å². The van der Waals surface area contributed by atoms with Gasteiger partial charge in [-0.2, -0.15) is 4.98 Å². The Labute approximate surface area is 121 Å². The molecular formula is C14H17N3O2S. The SMILES string of the molecule is CC(C)(CN)c1nc(C2CSc3ccccc3O2)no1. The first-order chi connectivity index (χ1) is 9.60. The number of para-hydroxylation sites is 1. The van der Waals surface area contributed by atoms with Gasteiger partial charge < -0.3 is 15.0 Å². The van der Waals surface area contributed by atoms with Gasteiger partial charge >= 0.3 is 0 Å². The molecule has 106 valence electrons. The number of nitrogens with two attached hydrogens (primary N) is 1. The van der Waals surface area contributed by atoms with Crippen LogP contribution in [0.3, 0.4) is 0 Å². The lowest BCUT2D eigenvalue weighted by atomic mass is 9.94. The van der Waals surface area contributed by atoms with Crippen LogP contribution in [0.2, 0.25) is 0 Å². The van der Waals surface area contributed by atoms with Crippen molar-refractivity contribution in [2.45, 2.75) is 30.3 Å². The Balaban J connectivity index is 1.82. The quantitative estimate of drug-likeness (QED) is 0.936. The van der Waals surface area contributed by atoms with Crippen LogP contribution in [0.15, 0.2) is 33.7 Å². The number of rotatable bonds is 3. The van der Waals surface area contributed by atoms with E-state index in [-0.39, 0.29) is 11.5 Å². The molecule has 1 aliphatic rings. The highest BCUT2D eigenvalue weighted by atomic mass is 32.2. The van der Waals surface area contributed by atoms with Gasteiger partial charge in [0, 0.05) is 17.2 Å². The van der Waals surface area contributed by atoms with Crippen molar-refractivity contribution in [1.29, 1.82) is 0 Å². The number of nitrogens with zero attached hydrogens (tertiary/aromatic N) is 2. The average molecular weight is 291 g/mol. The van der Waals surface area contributed by atoms with Gasteiger partial charge in [0.2, 0.25) is 11.7 Å². The van der Waals surface area contributed by atoms with Crippen LogP contribution in [-0.4, -0.2) is 22.4 Å². The summed E-state index contributed by atoms with van der Waals surface area (Å²) in [6, 6.07) is 7.97. The third kappa shape index (κ3) is 2.41. The van der Waals surface area contributed by atoms with Crippen LogP contribution in [0.25, 0.3) is 0 Å². The molecule has 0 saturated carbocycles. The van der Waals surface area contributed by atoms with E-state index >= 15 is 0 Å². The first-order valence-corrected chi connectivity index (χ1v) is 7.51. The van der Waals surface area contributed by atoms with Crippen LogP contribution in [0, 0.1) is 0 Å². The van der Waals surface area contributed by atoms with E-state index in [1.807, 2.05) is 32.0 Å². The molecule has 20 heavy (non-hydrogen) atoms. The summed E-state index contributed by atoms with van der Waals surface area (Å²) in [5.74, 6) is 2.79. The predicted octanol–water partition coefficient (Wildman–Crippen LogP) is 2.53. The van der Waals surface area contributed by atoms with Crippen LogP contribution in [0.1, 0.15) is 31.7 Å². The van der Waals surface area contributed by atoms with Gasteiger partial charge in [0.05, 0.1) is 5.41 Å². The molecule has 1 aromatic heterocycles. The van der Waals surface area contributed by atoms with Crippen molar-refractivity contribution < 1.29 is 9.26 Å². The molecule has 0 amide bonds. The first-order valence-electron chi connectivity index (χ1n) is 6.53. The molecule has 0 aliphatic carbocycles. The molecule has 2 aromatic rings. The molecule has 3 rings (SSSR count). The van der Waals surface area contributed by atoms with E-state index < -0.39 is 0 Å². The summed E-state index contributed by atoms with van der Waals surface area (Å²) in [4.78, 5) is 5.60. The molecule has 6 heteroatoms. The Bertz CT molecular complexity index is 612. The van der Waals surface area contributed by atoms with Crippen LogP contribution >= 0.6 is 11.8 Å². The summed E-state index contributed by atoms with van der Waals surface area (Å²) in [7, 11) is 0. The van der Waals surface area contributed by atoms with E-state index in [4.69, 9.17) is 15.0 Å². The fraction of sp³-hybridized carbons (Fsp3) is 0.429. The standard InChI is InChI=1S/C14H17N3O2S/c1-14(2,8-15)13-16-12(17-19-13)10-7-20-11-6-4-3-5-9(11)18-10/h3-6,10H,7-8,15H2,1-2H3. The van der Waals surface area contributed by atoms with Gasteiger partial charge in [0.15, 0.2) is 6.10 Å². The lowest BCUT2D eigenvalue weighted by Crippen LogP contribution is -2.28. The van der Waals surface area contributed by atoms with E-state index in [1.54, 1.807) is 11.8 Å². The number of benzene rings is 1. The minimum Gasteiger partial charge on any atom is -0.480 e. The highest BCUT2D eigenvalue weighted by molar-refractivity contribution is 7.99. The van der Waals surface area contributed by atoms with Gasteiger partial charge in [-0.05, 0) is 26.0 Å². The second kappa shape index (κ2) is 5.10. The molecular weight excluding hydrogens is 274 g/mol. The van der Waals surface area contributed by atoms with Crippen LogP contribution in [0.5, 0.6) is 5.75 Å². The van der Waals surface area contributed by atoms with Crippen molar-refractivity contribution >= 4 is 11.8 Å². The lowest BCUT2D eigenvalue weighted by molar-refractivity contribution is 0.204. The second-order valence-electron chi connectivity index (χ2n) is 5.41. The van der Waals surface area contributed by atoms with Crippen LogP contribution < -0.4 is 10.5 Å². The van der Waals surface area contributed by atoms with Crippen molar-refractivity contribution in [2.75, 3.05) is 12.3 Å². The van der Waals surface area contributed by atoms with Gasteiger partial charge in [-0.3, -0.25) is 0 Å². The van der Waals surface area contributed by atoms with Crippen molar-refractivity contribution in [3.63, 3.8) is 0 Å². The van der Waals surface area contributed by atoms with Crippen molar-refractivity contribution in [3.05, 3.63) is 36.0 Å². The summed E-state index contributed by atoms with van der Waals surface area (Å²) < 4.78 is 11.3. The maximum absolute atomic E-state index is 5.94. The molecule has 0 bridgehead atoms. The minimum absolute atomic E-state index is 0.180.